The number of aliphatic hydroxyl groups is 1. The summed E-state index contributed by atoms with van der Waals surface area (Å²) in [5.74, 6) is -1.02. The second-order valence-corrected chi connectivity index (χ2v) is 5.68. The van der Waals surface area contributed by atoms with Gasteiger partial charge >= 0.3 is 5.97 Å². The summed E-state index contributed by atoms with van der Waals surface area (Å²) in [6.45, 7) is 3.69. The topological polar surface area (TPSA) is 77.8 Å². The van der Waals surface area contributed by atoms with E-state index in [1.54, 1.807) is 0 Å². The van der Waals surface area contributed by atoms with Gasteiger partial charge < -0.3 is 15.1 Å². The van der Waals surface area contributed by atoms with Crippen molar-refractivity contribution in [2.75, 3.05) is 19.7 Å². The first kappa shape index (κ1) is 17.0. The van der Waals surface area contributed by atoms with Gasteiger partial charge in [-0.3, -0.25) is 9.59 Å². The number of carbonyl (C=O) groups is 2. The average molecular weight is 285 g/mol. The zero-order valence-corrected chi connectivity index (χ0v) is 12.4. The van der Waals surface area contributed by atoms with Crippen LogP contribution in [0.5, 0.6) is 0 Å². The molecule has 2 N–H and O–H groups in total. The highest BCUT2D eigenvalue weighted by Gasteiger charge is 2.40. The quantitative estimate of drug-likeness (QED) is 0.601. The average Bonchev–Trinajstić information content (AvgIpc) is 2.69. The van der Waals surface area contributed by atoms with Crippen molar-refractivity contribution in [1.82, 2.24) is 4.90 Å². The summed E-state index contributed by atoms with van der Waals surface area (Å²) in [6.07, 6.45) is 5.57. The minimum Gasteiger partial charge on any atom is -0.481 e. The Morgan fingerprint density at radius 1 is 1.30 bits per heavy atom. The molecule has 0 aromatic heterocycles. The van der Waals surface area contributed by atoms with E-state index >= 15 is 0 Å². The fourth-order valence-corrected chi connectivity index (χ4v) is 2.93. The molecule has 2 unspecified atom stereocenters. The van der Waals surface area contributed by atoms with Crippen molar-refractivity contribution in [3.63, 3.8) is 0 Å². The van der Waals surface area contributed by atoms with Crippen molar-refractivity contribution >= 4 is 11.9 Å². The lowest BCUT2D eigenvalue weighted by molar-refractivity contribution is -0.142. The zero-order valence-electron chi connectivity index (χ0n) is 12.4. The summed E-state index contributed by atoms with van der Waals surface area (Å²) in [6, 6.07) is 0. The van der Waals surface area contributed by atoms with Gasteiger partial charge in [-0.2, -0.15) is 0 Å². The van der Waals surface area contributed by atoms with Gasteiger partial charge in [-0.25, -0.2) is 0 Å². The number of aliphatic carboxylic acids is 1. The Bertz CT molecular complexity index is 319. The number of rotatable bonds is 10. The monoisotopic (exact) mass is 285 g/mol. The van der Waals surface area contributed by atoms with Crippen LogP contribution in [0.15, 0.2) is 0 Å². The van der Waals surface area contributed by atoms with E-state index in [1.807, 2.05) is 4.90 Å². The number of carbonyl (C=O) groups excluding carboxylic acids is 1. The summed E-state index contributed by atoms with van der Waals surface area (Å²) >= 11 is 0. The van der Waals surface area contributed by atoms with Crippen LogP contribution < -0.4 is 0 Å². The summed E-state index contributed by atoms with van der Waals surface area (Å²) < 4.78 is 0. The molecule has 1 aliphatic rings. The molecule has 0 aromatic carbocycles. The van der Waals surface area contributed by atoms with E-state index < -0.39 is 5.97 Å². The first-order valence-electron chi connectivity index (χ1n) is 7.71. The third-order valence-electron chi connectivity index (χ3n) is 4.06. The molecule has 0 saturated carbocycles. The molecule has 0 aromatic rings. The molecule has 1 saturated heterocycles. The molecule has 1 heterocycles. The van der Waals surface area contributed by atoms with Gasteiger partial charge in [0.05, 0.1) is 12.3 Å². The molecule has 1 aliphatic heterocycles. The molecule has 5 heteroatoms. The van der Waals surface area contributed by atoms with Gasteiger partial charge in [0, 0.05) is 19.7 Å². The van der Waals surface area contributed by atoms with Crippen LogP contribution >= 0.6 is 0 Å². The molecule has 20 heavy (non-hydrogen) atoms. The van der Waals surface area contributed by atoms with Crippen LogP contribution in [0.1, 0.15) is 51.9 Å². The lowest BCUT2D eigenvalue weighted by Gasteiger charge is -2.16. The van der Waals surface area contributed by atoms with Crippen LogP contribution in [0.4, 0.5) is 0 Å². The smallest absolute Gasteiger partial charge is 0.304 e. The fourth-order valence-electron chi connectivity index (χ4n) is 2.93. The van der Waals surface area contributed by atoms with Gasteiger partial charge in [0.2, 0.25) is 5.91 Å². The number of nitrogens with zero attached hydrogens (tertiary/aromatic N) is 1. The molecular formula is C15H27NO4. The molecule has 0 radical (unpaired) electrons. The fraction of sp³-hybridized carbons (Fsp3) is 0.867. The Morgan fingerprint density at radius 3 is 2.65 bits per heavy atom. The van der Waals surface area contributed by atoms with Crippen LogP contribution in [-0.4, -0.2) is 46.7 Å². The maximum atomic E-state index is 12.3. The zero-order chi connectivity index (χ0) is 15.0. The maximum absolute atomic E-state index is 12.3. The van der Waals surface area contributed by atoms with Gasteiger partial charge in [0.1, 0.15) is 0 Å². The SMILES string of the molecule is CCCCC1CN(CCCCCO)C(=O)C1CC(=O)O. The predicted molar refractivity (Wildman–Crippen MR) is 76.3 cm³/mol. The van der Waals surface area contributed by atoms with Crippen LogP contribution in [0, 0.1) is 11.8 Å². The number of likely N-dealkylation sites (tertiary alicyclic amines) is 1. The molecule has 1 amide bonds. The van der Waals surface area contributed by atoms with Gasteiger partial charge in [0.15, 0.2) is 0 Å². The standard InChI is InChI=1S/C15H27NO4/c1-2-3-7-12-11-16(8-5-4-6-9-17)15(20)13(12)10-14(18)19/h12-13,17H,2-11H2,1H3,(H,18,19). The number of hydrogen-bond acceptors (Lipinski definition) is 3. The number of hydrogen-bond donors (Lipinski definition) is 2. The van der Waals surface area contributed by atoms with Crippen molar-refractivity contribution in [2.24, 2.45) is 11.8 Å². The first-order valence-corrected chi connectivity index (χ1v) is 7.71. The molecule has 5 nitrogen and oxygen atoms in total. The molecule has 2 atom stereocenters. The van der Waals surface area contributed by atoms with Gasteiger partial charge in [-0.15, -0.1) is 0 Å². The van der Waals surface area contributed by atoms with E-state index in [1.165, 1.54) is 0 Å². The lowest BCUT2D eigenvalue weighted by atomic mass is 9.88. The first-order chi connectivity index (χ1) is 9.60. The maximum Gasteiger partial charge on any atom is 0.304 e. The number of carboxylic acids is 1. The van der Waals surface area contributed by atoms with Crippen molar-refractivity contribution in [3.05, 3.63) is 0 Å². The largest absolute Gasteiger partial charge is 0.481 e. The summed E-state index contributed by atoms with van der Waals surface area (Å²) in [5, 5.41) is 17.7. The Hall–Kier alpha value is -1.10. The summed E-state index contributed by atoms with van der Waals surface area (Å²) in [5.41, 5.74) is 0. The third kappa shape index (κ3) is 5.12. The van der Waals surface area contributed by atoms with E-state index in [2.05, 4.69) is 6.92 Å². The second kappa shape index (κ2) is 8.95. The lowest BCUT2D eigenvalue weighted by Crippen LogP contribution is -2.29. The molecule has 1 fully saturated rings. The Kier molecular flexibility index (Phi) is 7.59. The Morgan fingerprint density at radius 2 is 2.05 bits per heavy atom. The number of aliphatic hydroxyl groups excluding tert-OH is 1. The van der Waals surface area contributed by atoms with Crippen molar-refractivity contribution in [3.8, 4) is 0 Å². The van der Waals surface area contributed by atoms with Crippen LogP contribution in [0.2, 0.25) is 0 Å². The van der Waals surface area contributed by atoms with E-state index in [-0.39, 0.29) is 30.8 Å². The highest BCUT2D eigenvalue weighted by molar-refractivity contribution is 5.85. The second-order valence-electron chi connectivity index (χ2n) is 5.68. The van der Waals surface area contributed by atoms with Crippen LogP contribution in [0.3, 0.4) is 0 Å². The Balaban J connectivity index is 2.52. The molecule has 0 aliphatic carbocycles. The number of amides is 1. The predicted octanol–water partition coefficient (Wildman–Crippen LogP) is 1.89. The highest BCUT2D eigenvalue weighted by Crippen LogP contribution is 2.31. The minimum absolute atomic E-state index is 0.0116. The normalized spacial score (nSPS) is 22.5. The van der Waals surface area contributed by atoms with E-state index in [4.69, 9.17) is 10.2 Å². The number of carboxylic acid groups (broad SMARTS) is 1. The van der Waals surface area contributed by atoms with E-state index in [9.17, 15) is 9.59 Å². The Labute approximate surface area is 121 Å². The number of unbranched alkanes of at least 4 members (excludes halogenated alkanes) is 3. The molecule has 0 bridgehead atoms. The molecular weight excluding hydrogens is 258 g/mol. The molecule has 0 spiro atoms. The van der Waals surface area contributed by atoms with Crippen molar-refractivity contribution in [2.45, 2.75) is 51.9 Å². The van der Waals surface area contributed by atoms with Gasteiger partial charge in [-0.05, 0) is 31.6 Å². The van der Waals surface area contributed by atoms with Crippen LogP contribution in [0.25, 0.3) is 0 Å². The minimum atomic E-state index is -0.882. The summed E-state index contributed by atoms with van der Waals surface area (Å²) in [7, 11) is 0. The van der Waals surface area contributed by atoms with E-state index in [0.717, 1.165) is 38.5 Å². The van der Waals surface area contributed by atoms with Crippen molar-refractivity contribution in [1.29, 1.82) is 0 Å². The van der Waals surface area contributed by atoms with Crippen molar-refractivity contribution < 1.29 is 19.8 Å². The third-order valence-corrected chi connectivity index (χ3v) is 4.06. The highest BCUT2D eigenvalue weighted by atomic mass is 16.4. The van der Waals surface area contributed by atoms with Gasteiger partial charge in [0.25, 0.3) is 0 Å². The molecule has 1 rings (SSSR count). The van der Waals surface area contributed by atoms with E-state index in [0.29, 0.717) is 13.1 Å². The van der Waals surface area contributed by atoms with Crippen LogP contribution in [-0.2, 0) is 9.59 Å². The molecule has 116 valence electrons. The summed E-state index contributed by atoms with van der Waals surface area (Å²) in [4.78, 5) is 25.0. The van der Waals surface area contributed by atoms with Gasteiger partial charge in [-0.1, -0.05) is 19.8 Å².